The van der Waals surface area contributed by atoms with Crippen LogP contribution in [0.25, 0.3) is 16.9 Å². The first-order valence-electron chi connectivity index (χ1n) is 10.5. The summed E-state index contributed by atoms with van der Waals surface area (Å²) in [6, 6.07) is 1.42. The molecular weight excluding hydrogens is 403 g/mol. The first-order valence-corrected chi connectivity index (χ1v) is 10.5. The minimum atomic E-state index is -0.512. The number of halogens is 1. The Morgan fingerprint density at radius 2 is 2.16 bits per heavy atom. The molecule has 2 aliphatic heterocycles. The van der Waals surface area contributed by atoms with Crippen LogP contribution in [0.1, 0.15) is 11.3 Å². The van der Waals surface area contributed by atoms with Gasteiger partial charge < -0.3 is 19.5 Å². The normalized spacial score (nSPS) is 19.1. The smallest absolute Gasteiger partial charge is 0.250 e. The predicted molar refractivity (Wildman–Crippen MR) is 110 cm³/mol. The highest BCUT2D eigenvalue weighted by Crippen LogP contribution is 2.31. The van der Waals surface area contributed by atoms with Gasteiger partial charge in [-0.15, -0.1) is 0 Å². The molecule has 3 aromatic rings. The fourth-order valence-corrected chi connectivity index (χ4v) is 4.11. The number of nitrogens with zero attached hydrogens (tertiary/aromatic N) is 5. The number of morpholine rings is 1. The fraction of sp³-hybridized carbons (Fsp3) is 0.476. The van der Waals surface area contributed by atoms with Gasteiger partial charge in [-0.1, -0.05) is 0 Å². The van der Waals surface area contributed by atoms with E-state index in [0.717, 1.165) is 36.5 Å². The van der Waals surface area contributed by atoms with Gasteiger partial charge in [0.05, 0.1) is 63.4 Å². The van der Waals surface area contributed by atoms with E-state index < -0.39 is 5.82 Å². The van der Waals surface area contributed by atoms with Gasteiger partial charge >= 0.3 is 0 Å². The molecule has 0 saturated carbocycles. The summed E-state index contributed by atoms with van der Waals surface area (Å²) in [7, 11) is 1.40. The van der Waals surface area contributed by atoms with Gasteiger partial charge in [0, 0.05) is 36.8 Å². The lowest BCUT2D eigenvalue weighted by atomic mass is 10.0. The van der Waals surface area contributed by atoms with E-state index in [1.54, 1.807) is 12.4 Å². The SMILES string of the molecule is COc1ncc(-c2nn(-c3cnn(CC4CNCCO4)c3)c3c2CCOCC3)cc1F. The van der Waals surface area contributed by atoms with E-state index in [1.807, 2.05) is 15.6 Å². The lowest BCUT2D eigenvalue weighted by molar-refractivity contribution is 0.0161. The molecule has 1 saturated heterocycles. The molecule has 5 rings (SSSR count). The first kappa shape index (κ1) is 20.1. The van der Waals surface area contributed by atoms with Crippen molar-refractivity contribution in [2.75, 3.05) is 40.0 Å². The molecule has 0 amide bonds. The molecule has 1 unspecified atom stereocenters. The molecule has 0 bridgehead atoms. The first-order chi connectivity index (χ1) is 15.2. The summed E-state index contributed by atoms with van der Waals surface area (Å²) in [6.07, 6.45) is 6.87. The van der Waals surface area contributed by atoms with E-state index in [9.17, 15) is 4.39 Å². The molecule has 1 atom stereocenters. The third-order valence-electron chi connectivity index (χ3n) is 5.60. The third kappa shape index (κ3) is 4.06. The van der Waals surface area contributed by atoms with Crippen LogP contribution in [0, 0.1) is 5.82 Å². The quantitative estimate of drug-likeness (QED) is 0.657. The van der Waals surface area contributed by atoms with Gasteiger partial charge in [-0.05, 0) is 12.5 Å². The van der Waals surface area contributed by atoms with Crippen molar-refractivity contribution in [1.82, 2.24) is 29.9 Å². The number of hydrogen-bond acceptors (Lipinski definition) is 7. The zero-order valence-electron chi connectivity index (χ0n) is 17.4. The Labute approximate surface area is 179 Å². The minimum Gasteiger partial charge on any atom is -0.479 e. The zero-order valence-corrected chi connectivity index (χ0v) is 17.4. The van der Waals surface area contributed by atoms with Crippen LogP contribution in [0.4, 0.5) is 4.39 Å². The van der Waals surface area contributed by atoms with Gasteiger partial charge in [0.1, 0.15) is 5.69 Å². The number of ether oxygens (including phenoxy) is 3. The highest BCUT2D eigenvalue weighted by Gasteiger charge is 2.24. The van der Waals surface area contributed by atoms with E-state index in [2.05, 4.69) is 15.4 Å². The molecule has 0 radical (unpaired) electrons. The van der Waals surface area contributed by atoms with E-state index in [0.29, 0.717) is 44.0 Å². The Bertz CT molecular complexity index is 1060. The van der Waals surface area contributed by atoms with Crippen LogP contribution in [0.2, 0.25) is 0 Å². The monoisotopic (exact) mass is 428 g/mol. The van der Waals surface area contributed by atoms with Gasteiger partial charge in [-0.25, -0.2) is 14.1 Å². The average molecular weight is 428 g/mol. The van der Waals surface area contributed by atoms with Gasteiger partial charge in [-0.3, -0.25) is 4.68 Å². The van der Waals surface area contributed by atoms with E-state index >= 15 is 0 Å². The van der Waals surface area contributed by atoms with Crippen LogP contribution < -0.4 is 10.1 Å². The highest BCUT2D eigenvalue weighted by molar-refractivity contribution is 5.65. The van der Waals surface area contributed by atoms with Crippen molar-refractivity contribution < 1.29 is 18.6 Å². The van der Waals surface area contributed by atoms with Crippen molar-refractivity contribution in [3.63, 3.8) is 0 Å². The minimum absolute atomic E-state index is 0.0293. The van der Waals surface area contributed by atoms with Crippen molar-refractivity contribution in [1.29, 1.82) is 0 Å². The van der Waals surface area contributed by atoms with E-state index in [-0.39, 0.29) is 12.0 Å². The Morgan fingerprint density at radius 3 is 2.97 bits per heavy atom. The lowest BCUT2D eigenvalue weighted by Crippen LogP contribution is -2.40. The largest absolute Gasteiger partial charge is 0.479 e. The summed E-state index contributed by atoms with van der Waals surface area (Å²) < 4.78 is 34.5. The van der Waals surface area contributed by atoms with Crippen LogP contribution in [-0.4, -0.2) is 70.7 Å². The Hall–Kier alpha value is -2.82. The molecule has 31 heavy (non-hydrogen) atoms. The summed E-state index contributed by atoms with van der Waals surface area (Å²) in [5.74, 6) is -0.541. The van der Waals surface area contributed by atoms with Crippen LogP contribution in [-0.2, 0) is 28.9 Å². The molecule has 9 nitrogen and oxygen atoms in total. The van der Waals surface area contributed by atoms with E-state index in [4.69, 9.17) is 19.3 Å². The van der Waals surface area contributed by atoms with Gasteiger partial charge in [0.25, 0.3) is 0 Å². The van der Waals surface area contributed by atoms with Crippen molar-refractivity contribution >= 4 is 0 Å². The standard InChI is InChI=1S/C21H25FN6O3/c1-29-21-18(22)8-14(9-24-21)20-17-2-5-30-6-3-19(17)28(26-20)15-10-25-27(12-15)13-16-11-23-4-7-31-16/h8-10,12,16,23H,2-7,11,13H2,1H3. The maximum atomic E-state index is 14.3. The predicted octanol–water partition coefficient (Wildman–Crippen LogP) is 1.38. The molecule has 164 valence electrons. The van der Waals surface area contributed by atoms with Crippen LogP contribution in [0.15, 0.2) is 24.7 Å². The second-order valence-corrected chi connectivity index (χ2v) is 7.63. The molecule has 10 heteroatoms. The lowest BCUT2D eigenvalue weighted by Gasteiger charge is -2.23. The molecule has 0 aromatic carbocycles. The average Bonchev–Trinajstić information content (AvgIpc) is 3.31. The maximum Gasteiger partial charge on any atom is 0.250 e. The Morgan fingerprint density at radius 1 is 1.26 bits per heavy atom. The molecule has 2 aliphatic rings. The summed E-state index contributed by atoms with van der Waals surface area (Å²) in [5, 5.41) is 12.7. The molecule has 0 aliphatic carbocycles. The van der Waals surface area contributed by atoms with Gasteiger partial charge in [-0.2, -0.15) is 10.2 Å². The second-order valence-electron chi connectivity index (χ2n) is 7.63. The van der Waals surface area contributed by atoms with E-state index in [1.165, 1.54) is 13.2 Å². The maximum absolute atomic E-state index is 14.3. The van der Waals surface area contributed by atoms with Gasteiger partial charge in [0.15, 0.2) is 5.82 Å². The Kier molecular flexibility index (Phi) is 5.66. The molecule has 3 aromatic heterocycles. The number of methoxy groups -OCH3 is 1. The fourth-order valence-electron chi connectivity index (χ4n) is 4.11. The van der Waals surface area contributed by atoms with Crippen molar-refractivity contribution in [2.45, 2.75) is 25.5 Å². The number of nitrogens with one attached hydrogen (secondary N) is 1. The number of hydrogen-bond donors (Lipinski definition) is 1. The molecule has 1 N–H and O–H groups in total. The zero-order chi connectivity index (χ0) is 21.2. The summed E-state index contributed by atoms with van der Waals surface area (Å²) in [4.78, 5) is 4.08. The van der Waals surface area contributed by atoms with Crippen molar-refractivity contribution in [3.05, 3.63) is 41.7 Å². The Balaban J connectivity index is 1.50. The van der Waals surface area contributed by atoms with Crippen molar-refractivity contribution in [2.24, 2.45) is 0 Å². The number of aromatic nitrogens is 5. The number of fused-ring (bicyclic) bond motifs is 1. The van der Waals surface area contributed by atoms with Crippen LogP contribution in [0.5, 0.6) is 5.88 Å². The summed E-state index contributed by atoms with van der Waals surface area (Å²) in [5.41, 5.74) is 4.29. The molecule has 5 heterocycles. The molecular formula is C21H25FN6O3. The highest BCUT2D eigenvalue weighted by atomic mass is 19.1. The summed E-state index contributed by atoms with van der Waals surface area (Å²) >= 11 is 0. The van der Waals surface area contributed by atoms with Crippen molar-refractivity contribution in [3.8, 4) is 22.8 Å². The van der Waals surface area contributed by atoms with Gasteiger partial charge in [0.2, 0.25) is 5.88 Å². The second kappa shape index (κ2) is 8.74. The topological polar surface area (TPSA) is 88.3 Å². The third-order valence-corrected chi connectivity index (χ3v) is 5.60. The molecule has 0 spiro atoms. The number of pyridine rings is 1. The molecule has 1 fully saturated rings. The van der Waals surface area contributed by atoms with Crippen LogP contribution in [0.3, 0.4) is 0 Å². The summed E-state index contributed by atoms with van der Waals surface area (Å²) in [6.45, 7) is 4.28. The number of rotatable bonds is 5. The van der Waals surface area contributed by atoms with Crippen LogP contribution >= 0.6 is 0 Å².